The van der Waals surface area contributed by atoms with Crippen molar-refractivity contribution in [2.24, 2.45) is 0 Å². The fourth-order valence-corrected chi connectivity index (χ4v) is 6.53. The molecule has 3 aliphatic carbocycles. The number of nitriles is 1. The first-order valence-electron chi connectivity index (χ1n) is 14.3. The number of aromatic nitrogens is 3. The Bertz CT molecular complexity index is 1570. The summed E-state index contributed by atoms with van der Waals surface area (Å²) in [7, 11) is 0. The molecule has 0 aromatic carbocycles. The van der Waals surface area contributed by atoms with Crippen molar-refractivity contribution in [1.82, 2.24) is 24.8 Å². The number of pyridine rings is 1. The number of anilines is 1. The number of carbonyl (C=O) groups excluding carboxylic acids is 2. The van der Waals surface area contributed by atoms with Crippen LogP contribution in [0, 0.1) is 11.3 Å². The summed E-state index contributed by atoms with van der Waals surface area (Å²) in [5.41, 5.74) is 1.20. The highest BCUT2D eigenvalue weighted by Crippen LogP contribution is 2.52. The molecule has 0 radical (unpaired) electrons. The van der Waals surface area contributed by atoms with Gasteiger partial charge in [0.2, 0.25) is 0 Å². The number of ether oxygens (including phenoxy) is 1. The monoisotopic (exact) mass is 575 g/mol. The molecule has 12 heteroatoms. The molecule has 1 saturated heterocycles. The lowest BCUT2D eigenvalue weighted by Crippen LogP contribution is -2.61. The second kappa shape index (κ2) is 10.2. The number of nitrogens with one attached hydrogen (secondary N) is 2. The van der Waals surface area contributed by atoms with E-state index in [2.05, 4.69) is 26.8 Å². The zero-order valence-electron chi connectivity index (χ0n) is 23.7. The Morgan fingerprint density at radius 1 is 1.21 bits per heavy atom. The number of alkyl halides is 1. The molecule has 4 aliphatic rings. The zero-order valence-corrected chi connectivity index (χ0v) is 23.7. The molecule has 3 aromatic heterocycles. The summed E-state index contributed by atoms with van der Waals surface area (Å²) in [6, 6.07) is 9.34. The molecule has 220 valence electrons. The minimum Gasteiger partial charge on any atom is -0.448 e. The maximum Gasteiger partial charge on any atom is 0.410 e. The summed E-state index contributed by atoms with van der Waals surface area (Å²) in [5.74, 6) is -0.502. The molecule has 3 aromatic rings. The highest BCUT2D eigenvalue weighted by molar-refractivity contribution is 6.00. The van der Waals surface area contributed by atoms with Gasteiger partial charge in [0.05, 0.1) is 58.6 Å². The van der Waals surface area contributed by atoms with Crippen LogP contribution < -0.4 is 10.6 Å². The van der Waals surface area contributed by atoms with E-state index < -0.39 is 17.7 Å². The number of carbonyl (C=O) groups is 2. The van der Waals surface area contributed by atoms with Gasteiger partial charge in [0, 0.05) is 17.3 Å². The Labute approximate surface area is 242 Å². The Morgan fingerprint density at radius 3 is 2.60 bits per heavy atom. The third kappa shape index (κ3) is 4.91. The molecule has 42 heavy (non-hydrogen) atoms. The van der Waals surface area contributed by atoms with E-state index in [1.54, 1.807) is 10.6 Å². The molecular formula is C30H34FN7O4. The van der Waals surface area contributed by atoms with E-state index in [1.807, 2.05) is 23.1 Å². The molecular weight excluding hydrogens is 541 g/mol. The summed E-state index contributed by atoms with van der Waals surface area (Å²) in [6.07, 6.45) is 6.01. The molecule has 1 atom stereocenters. The number of fused-ring (bicyclic) bond motifs is 4. The lowest BCUT2D eigenvalue weighted by Gasteiger charge is -2.56. The Kier molecular flexibility index (Phi) is 6.80. The molecule has 0 spiro atoms. The second-order valence-electron chi connectivity index (χ2n) is 12.3. The van der Waals surface area contributed by atoms with Gasteiger partial charge in [-0.1, -0.05) is 0 Å². The van der Waals surface area contributed by atoms with Gasteiger partial charge in [0.15, 0.2) is 0 Å². The van der Waals surface area contributed by atoms with Crippen molar-refractivity contribution in [3.63, 3.8) is 0 Å². The standard InChI is InChI=1S/C30H34FN7O4/c1-28(2,41)25(31)18-34-26(39)21-17-33-23(24-4-3-20-13-19(15-32)16-35-38(20)24)14-22(21)36-29-5-8-30(9-6-29,10-7-29)37-11-12-42-27(37)40/h3-4,13-14,16-17,25,41H,5-12,18H2,1-2H3,(H,33,36)(H,34,39). The minimum atomic E-state index is -1.65. The Hall–Kier alpha value is -4.24. The van der Waals surface area contributed by atoms with Crippen molar-refractivity contribution in [2.45, 2.75) is 75.2 Å². The SMILES string of the molecule is CC(C)(O)C(F)CNC(=O)c1cnc(-c2ccc3cc(C#N)cnn23)cc1NC12CCC(N3CCOC3=O)(CC1)CC2. The number of amides is 2. The molecule has 11 nitrogen and oxygen atoms in total. The average molecular weight is 576 g/mol. The quantitative estimate of drug-likeness (QED) is 0.368. The lowest BCUT2D eigenvalue weighted by atomic mass is 9.60. The zero-order chi connectivity index (χ0) is 29.7. The summed E-state index contributed by atoms with van der Waals surface area (Å²) < 4.78 is 21.4. The van der Waals surface area contributed by atoms with Gasteiger partial charge in [-0.25, -0.2) is 13.7 Å². The molecule has 3 N–H and O–H groups in total. The van der Waals surface area contributed by atoms with Crippen molar-refractivity contribution in [3.8, 4) is 17.5 Å². The highest BCUT2D eigenvalue weighted by atomic mass is 19.1. The van der Waals surface area contributed by atoms with Crippen LogP contribution in [0.5, 0.6) is 0 Å². The molecule has 2 amide bonds. The number of rotatable bonds is 8. The average Bonchev–Trinajstić information content (AvgIpc) is 3.62. The van der Waals surface area contributed by atoms with E-state index in [0.717, 1.165) is 44.0 Å². The van der Waals surface area contributed by atoms with Crippen molar-refractivity contribution < 1.29 is 23.8 Å². The van der Waals surface area contributed by atoms with Crippen LogP contribution in [0.15, 0.2) is 36.7 Å². The molecule has 3 saturated carbocycles. The van der Waals surface area contributed by atoms with E-state index in [9.17, 15) is 24.3 Å². The maximum atomic E-state index is 14.5. The smallest absolute Gasteiger partial charge is 0.410 e. The highest BCUT2D eigenvalue weighted by Gasteiger charge is 2.54. The Balaban J connectivity index is 1.31. The van der Waals surface area contributed by atoms with Crippen LogP contribution in [0.4, 0.5) is 14.9 Å². The van der Waals surface area contributed by atoms with Crippen molar-refractivity contribution in [3.05, 3.63) is 47.8 Å². The Morgan fingerprint density at radius 2 is 1.95 bits per heavy atom. The fraction of sp³-hybridized carbons (Fsp3) is 0.500. The van der Waals surface area contributed by atoms with E-state index in [1.165, 1.54) is 26.2 Å². The van der Waals surface area contributed by atoms with Gasteiger partial charge in [-0.2, -0.15) is 10.4 Å². The summed E-state index contributed by atoms with van der Waals surface area (Å²) >= 11 is 0. The van der Waals surface area contributed by atoms with Crippen LogP contribution in [-0.2, 0) is 4.74 Å². The summed E-state index contributed by atoms with van der Waals surface area (Å²) in [4.78, 5) is 32.2. The van der Waals surface area contributed by atoms with Gasteiger partial charge < -0.3 is 20.5 Å². The lowest BCUT2D eigenvalue weighted by molar-refractivity contribution is -0.00179. The summed E-state index contributed by atoms with van der Waals surface area (Å²) in [6.45, 7) is 3.41. The predicted molar refractivity (Wildman–Crippen MR) is 152 cm³/mol. The van der Waals surface area contributed by atoms with Gasteiger partial charge in [-0.3, -0.25) is 14.7 Å². The number of hydrogen-bond donors (Lipinski definition) is 3. The predicted octanol–water partition coefficient (Wildman–Crippen LogP) is 3.82. The van der Waals surface area contributed by atoms with Gasteiger partial charge in [-0.15, -0.1) is 0 Å². The molecule has 1 aliphatic heterocycles. The topological polar surface area (TPSA) is 145 Å². The molecule has 1 unspecified atom stereocenters. The van der Waals surface area contributed by atoms with Crippen LogP contribution in [-0.4, -0.2) is 79.2 Å². The first-order valence-corrected chi connectivity index (χ1v) is 14.3. The first-order chi connectivity index (χ1) is 20.0. The van der Waals surface area contributed by atoms with Crippen molar-refractivity contribution in [1.29, 1.82) is 5.26 Å². The third-order valence-corrected chi connectivity index (χ3v) is 9.19. The molecule has 4 fully saturated rings. The van der Waals surface area contributed by atoms with Gasteiger partial charge in [0.25, 0.3) is 5.91 Å². The molecule has 2 bridgehead atoms. The number of aliphatic hydroxyl groups is 1. The van der Waals surface area contributed by atoms with E-state index in [0.29, 0.717) is 35.8 Å². The van der Waals surface area contributed by atoms with Gasteiger partial charge in [0.1, 0.15) is 18.8 Å². The number of hydrogen-bond acceptors (Lipinski definition) is 8. The minimum absolute atomic E-state index is 0.188. The number of halogens is 1. The van der Waals surface area contributed by atoms with Gasteiger partial charge >= 0.3 is 6.09 Å². The number of nitrogens with zero attached hydrogens (tertiary/aromatic N) is 5. The van der Waals surface area contributed by atoms with Crippen LogP contribution in [0.1, 0.15) is 68.3 Å². The van der Waals surface area contributed by atoms with Crippen molar-refractivity contribution >= 4 is 23.2 Å². The van der Waals surface area contributed by atoms with Crippen LogP contribution in [0.3, 0.4) is 0 Å². The van der Waals surface area contributed by atoms with Gasteiger partial charge in [-0.05, 0) is 76.6 Å². The summed E-state index contributed by atoms with van der Waals surface area (Å²) in [5, 5.41) is 29.9. The van der Waals surface area contributed by atoms with Crippen molar-refractivity contribution in [2.75, 3.05) is 25.0 Å². The second-order valence-corrected chi connectivity index (χ2v) is 12.3. The normalized spacial score (nSPS) is 24.4. The van der Waals surface area contributed by atoms with E-state index in [-0.39, 0.29) is 29.3 Å². The molecule has 7 rings (SSSR count). The van der Waals surface area contributed by atoms with Crippen LogP contribution in [0.25, 0.3) is 16.9 Å². The fourth-order valence-electron chi connectivity index (χ4n) is 6.53. The number of cyclic esters (lactones) is 1. The third-order valence-electron chi connectivity index (χ3n) is 9.19. The van der Waals surface area contributed by atoms with E-state index >= 15 is 0 Å². The molecule has 4 heterocycles. The first kappa shape index (κ1) is 27.9. The van der Waals surface area contributed by atoms with Crippen LogP contribution >= 0.6 is 0 Å². The van der Waals surface area contributed by atoms with E-state index in [4.69, 9.17) is 4.74 Å². The maximum absolute atomic E-state index is 14.5. The van der Waals surface area contributed by atoms with Crippen LogP contribution in [0.2, 0.25) is 0 Å². The largest absolute Gasteiger partial charge is 0.448 e.